The zero-order valence-electron chi connectivity index (χ0n) is 9.12. The van der Waals surface area contributed by atoms with Gasteiger partial charge < -0.3 is 4.90 Å². The molecule has 0 aliphatic heterocycles. The van der Waals surface area contributed by atoms with E-state index >= 15 is 0 Å². The smallest absolute Gasteiger partial charge is 0.263 e. The van der Waals surface area contributed by atoms with Crippen LogP contribution in [0.1, 0.15) is 36.4 Å². The van der Waals surface area contributed by atoms with E-state index in [1.807, 2.05) is 4.90 Å². The summed E-state index contributed by atoms with van der Waals surface area (Å²) in [5.41, 5.74) is 0. The van der Waals surface area contributed by atoms with Crippen LogP contribution in [-0.4, -0.2) is 23.9 Å². The first-order valence-electron chi connectivity index (χ1n) is 5.23. The van der Waals surface area contributed by atoms with E-state index < -0.39 is 0 Å². The minimum Gasteiger partial charge on any atom is -0.338 e. The molecule has 0 aromatic carbocycles. The Morgan fingerprint density at radius 3 is 2.33 bits per heavy atom. The van der Waals surface area contributed by atoms with Crippen molar-refractivity contribution in [2.45, 2.75) is 26.7 Å². The van der Waals surface area contributed by atoms with Crippen LogP contribution in [0.25, 0.3) is 0 Å². The summed E-state index contributed by atoms with van der Waals surface area (Å²) < 4.78 is 0.672. The molecule has 0 aliphatic rings. The van der Waals surface area contributed by atoms with E-state index in [2.05, 4.69) is 13.8 Å². The molecule has 84 valence electrons. The van der Waals surface area contributed by atoms with Crippen LogP contribution in [0.2, 0.25) is 4.34 Å². The Bertz CT molecular complexity index is 318. The summed E-state index contributed by atoms with van der Waals surface area (Å²) in [5.74, 6) is 0.107. The van der Waals surface area contributed by atoms with Gasteiger partial charge >= 0.3 is 0 Å². The Labute approximate surface area is 99.9 Å². The molecule has 0 radical (unpaired) electrons. The summed E-state index contributed by atoms with van der Waals surface area (Å²) in [6, 6.07) is 3.57. The van der Waals surface area contributed by atoms with Crippen molar-refractivity contribution in [1.29, 1.82) is 0 Å². The Hall–Kier alpha value is -0.540. The Morgan fingerprint density at radius 1 is 1.33 bits per heavy atom. The van der Waals surface area contributed by atoms with Crippen molar-refractivity contribution in [2.24, 2.45) is 0 Å². The highest BCUT2D eigenvalue weighted by Crippen LogP contribution is 2.22. The average Bonchev–Trinajstić information content (AvgIpc) is 2.63. The molecule has 15 heavy (non-hydrogen) atoms. The lowest BCUT2D eigenvalue weighted by Gasteiger charge is -2.20. The number of halogens is 1. The van der Waals surface area contributed by atoms with Gasteiger partial charge in [-0.2, -0.15) is 0 Å². The van der Waals surface area contributed by atoms with E-state index in [9.17, 15) is 4.79 Å². The van der Waals surface area contributed by atoms with Gasteiger partial charge in [0.05, 0.1) is 9.21 Å². The van der Waals surface area contributed by atoms with Crippen molar-refractivity contribution in [3.8, 4) is 0 Å². The molecule has 2 nitrogen and oxygen atoms in total. The van der Waals surface area contributed by atoms with Gasteiger partial charge in [0.1, 0.15) is 0 Å². The zero-order chi connectivity index (χ0) is 11.3. The molecular formula is C11H16ClNOS. The average molecular weight is 246 g/mol. The van der Waals surface area contributed by atoms with Crippen molar-refractivity contribution in [3.05, 3.63) is 21.3 Å². The predicted octanol–water partition coefficient (Wildman–Crippen LogP) is 3.66. The van der Waals surface area contributed by atoms with Gasteiger partial charge in [0.25, 0.3) is 5.91 Å². The molecule has 1 aromatic rings. The molecule has 0 fully saturated rings. The minimum absolute atomic E-state index is 0.107. The molecule has 1 rings (SSSR count). The number of hydrogen-bond donors (Lipinski definition) is 0. The quantitative estimate of drug-likeness (QED) is 0.775. The summed E-state index contributed by atoms with van der Waals surface area (Å²) in [5, 5.41) is 0. The summed E-state index contributed by atoms with van der Waals surface area (Å²) in [6.45, 7) is 5.80. The van der Waals surface area contributed by atoms with Gasteiger partial charge in [-0.15, -0.1) is 11.3 Å². The number of rotatable bonds is 5. The second kappa shape index (κ2) is 6.13. The number of thiophene rings is 1. The predicted molar refractivity (Wildman–Crippen MR) is 65.8 cm³/mol. The normalized spacial score (nSPS) is 10.3. The number of hydrogen-bond acceptors (Lipinski definition) is 2. The molecule has 0 N–H and O–H groups in total. The monoisotopic (exact) mass is 245 g/mol. The molecule has 4 heteroatoms. The van der Waals surface area contributed by atoms with Gasteiger partial charge in [0.2, 0.25) is 0 Å². The minimum atomic E-state index is 0.107. The standard InChI is InChI=1S/C11H16ClNOS/c1-3-7-13(8-4-2)11(14)9-5-6-10(12)15-9/h5-6H,3-4,7-8H2,1-2H3. The van der Waals surface area contributed by atoms with Crippen LogP contribution in [0, 0.1) is 0 Å². The number of amides is 1. The lowest BCUT2D eigenvalue weighted by molar-refractivity contribution is 0.0760. The lowest BCUT2D eigenvalue weighted by Crippen LogP contribution is -2.31. The molecule has 1 aromatic heterocycles. The van der Waals surface area contributed by atoms with Crippen molar-refractivity contribution in [1.82, 2.24) is 4.90 Å². The summed E-state index contributed by atoms with van der Waals surface area (Å²) in [6.07, 6.45) is 1.98. The third-order valence-electron chi connectivity index (χ3n) is 2.06. The highest BCUT2D eigenvalue weighted by Gasteiger charge is 2.15. The maximum Gasteiger partial charge on any atom is 0.263 e. The second-order valence-corrected chi connectivity index (χ2v) is 5.11. The summed E-state index contributed by atoms with van der Waals surface area (Å²) in [7, 11) is 0. The summed E-state index contributed by atoms with van der Waals surface area (Å²) in [4.78, 5) is 14.6. The number of carbonyl (C=O) groups excluding carboxylic acids is 1. The molecule has 0 spiro atoms. The van der Waals surface area contributed by atoms with E-state index in [0.717, 1.165) is 30.8 Å². The van der Waals surface area contributed by atoms with Crippen molar-refractivity contribution >= 4 is 28.8 Å². The van der Waals surface area contributed by atoms with E-state index in [1.54, 1.807) is 12.1 Å². The SMILES string of the molecule is CCCN(CCC)C(=O)c1ccc(Cl)s1. The van der Waals surface area contributed by atoms with E-state index in [4.69, 9.17) is 11.6 Å². The molecule has 0 saturated carbocycles. The van der Waals surface area contributed by atoms with Crippen molar-refractivity contribution in [2.75, 3.05) is 13.1 Å². The van der Waals surface area contributed by atoms with Gasteiger partial charge in [0, 0.05) is 13.1 Å². The van der Waals surface area contributed by atoms with E-state index in [1.165, 1.54) is 11.3 Å². The first-order chi connectivity index (χ1) is 7.19. The maximum atomic E-state index is 12.0. The Balaban J connectivity index is 2.71. The second-order valence-electron chi connectivity index (χ2n) is 3.40. The Morgan fingerprint density at radius 2 is 1.93 bits per heavy atom. The molecule has 0 atom stereocenters. The van der Waals surface area contributed by atoms with Crippen molar-refractivity contribution < 1.29 is 4.79 Å². The fourth-order valence-corrected chi connectivity index (χ4v) is 2.45. The van der Waals surface area contributed by atoms with Gasteiger partial charge in [-0.05, 0) is 25.0 Å². The van der Waals surface area contributed by atoms with Gasteiger partial charge in [0.15, 0.2) is 0 Å². The number of carbonyl (C=O) groups is 1. The molecular weight excluding hydrogens is 230 g/mol. The first kappa shape index (κ1) is 12.5. The van der Waals surface area contributed by atoms with Gasteiger partial charge in [-0.25, -0.2) is 0 Å². The van der Waals surface area contributed by atoms with Crippen LogP contribution in [0.5, 0.6) is 0 Å². The molecule has 0 saturated heterocycles. The lowest BCUT2D eigenvalue weighted by atomic mass is 10.3. The highest BCUT2D eigenvalue weighted by molar-refractivity contribution is 7.17. The summed E-state index contributed by atoms with van der Waals surface area (Å²) >= 11 is 7.16. The first-order valence-corrected chi connectivity index (χ1v) is 6.43. The van der Waals surface area contributed by atoms with Gasteiger partial charge in [-0.1, -0.05) is 25.4 Å². The molecule has 0 aliphatic carbocycles. The van der Waals surface area contributed by atoms with Crippen LogP contribution in [0.4, 0.5) is 0 Å². The molecule has 1 heterocycles. The molecule has 0 unspecified atom stereocenters. The Kier molecular flexibility index (Phi) is 5.12. The van der Waals surface area contributed by atoms with Crippen LogP contribution in [0.3, 0.4) is 0 Å². The van der Waals surface area contributed by atoms with E-state index in [-0.39, 0.29) is 5.91 Å². The maximum absolute atomic E-state index is 12.0. The molecule has 0 bridgehead atoms. The topological polar surface area (TPSA) is 20.3 Å². The fraction of sp³-hybridized carbons (Fsp3) is 0.545. The zero-order valence-corrected chi connectivity index (χ0v) is 10.7. The number of nitrogens with zero attached hydrogens (tertiary/aromatic N) is 1. The highest BCUT2D eigenvalue weighted by atomic mass is 35.5. The van der Waals surface area contributed by atoms with E-state index in [0.29, 0.717) is 4.34 Å². The largest absolute Gasteiger partial charge is 0.338 e. The van der Waals surface area contributed by atoms with Gasteiger partial charge in [-0.3, -0.25) is 4.79 Å². The van der Waals surface area contributed by atoms with Crippen LogP contribution in [0.15, 0.2) is 12.1 Å². The van der Waals surface area contributed by atoms with Crippen LogP contribution < -0.4 is 0 Å². The van der Waals surface area contributed by atoms with Crippen LogP contribution >= 0.6 is 22.9 Å². The fourth-order valence-electron chi connectivity index (χ4n) is 1.44. The third kappa shape index (κ3) is 3.50. The third-order valence-corrected chi connectivity index (χ3v) is 3.28. The molecule has 1 amide bonds. The van der Waals surface area contributed by atoms with Crippen molar-refractivity contribution in [3.63, 3.8) is 0 Å². The van der Waals surface area contributed by atoms with Crippen LogP contribution in [-0.2, 0) is 0 Å².